The molecule has 1 rings (SSSR count). The molecule has 0 saturated carbocycles. The Hall–Kier alpha value is -1.20. The highest BCUT2D eigenvalue weighted by atomic mass is 32.2. The molecule has 0 bridgehead atoms. The Balaban J connectivity index is 2.31. The number of rotatable bonds is 10. The number of benzene rings is 1. The van der Waals surface area contributed by atoms with E-state index < -0.39 is 0 Å². The molecule has 112 valence electrons. The van der Waals surface area contributed by atoms with Crippen LogP contribution >= 0.6 is 11.8 Å². The lowest BCUT2D eigenvalue weighted by Crippen LogP contribution is -2.25. The molecule has 0 fully saturated rings. The molecule has 1 aromatic rings. The molecule has 0 saturated heterocycles. The number of carbonyl (C=O) groups is 1. The van der Waals surface area contributed by atoms with E-state index in [1.165, 1.54) is 0 Å². The van der Waals surface area contributed by atoms with Crippen LogP contribution in [-0.2, 0) is 0 Å². The van der Waals surface area contributed by atoms with Crippen molar-refractivity contribution >= 4 is 17.7 Å². The molecule has 0 heterocycles. The van der Waals surface area contributed by atoms with Gasteiger partial charge in [-0.15, -0.1) is 0 Å². The minimum Gasteiger partial charge on any atom is -0.494 e. The number of amides is 1. The minimum atomic E-state index is -0.0743. The fourth-order valence-corrected chi connectivity index (χ4v) is 2.34. The highest BCUT2D eigenvalue weighted by Crippen LogP contribution is 2.13. The highest BCUT2D eigenvalue weighted by Gasteiger charge is 2.05. The van der Waals surface area contributed by atoms with E-state index in [2.05, 4.69) is 5.32 Å². The van der Waals surface area contributed by atoms with Gasteiger partial charge in [-0.3, -0.25) is 4.79 Å². The van der Waals surface area contributed by atoms with Crippen molar-refractivity contribution in [3.8, 4) is 5.75 Å². The van der Waals surface area contributed by atoms with Crippen molar-refractivity contribution < 1.29 is 14.6 Å². The fraction of sp³-hybridized carbons (Fsp3) is 0.533. The van der Waals surface area contributed by atoms with Crippen LogP contribution in [0.25, 0.3) is 0 Å². The molecular weight excluding hydrogens is 274 g/mol. The average Bonchev–Trinajstić information content (AvgIpc) is 2.48. The van der Waals surface area contributed by atoms with Gasteiger partial charge < -0.3 is 15.2 Å². The maximum Gasteiger partial charge on any atom is 0.251 e. The first-order valence-electron chi connectivity index (χ1n) is 6.97. The Bertz CT molecular complexity index is 398. The summed E-state index contributed by atoms with van der Waals surface area (Å²) in [6.07, 6.45) is 1.75. The number of nitrogens with one attached hydrogen (secondary N) is 1. The molecule has 0 aliphatic rings. The van der Waals surface area contributed by atoms with Crippen LogP contribution in [0.1, 0.15) is 30.1 Å². The van der Waals surface area contributed by atoms with Crippen molar-refractivity contribution in [1.82, 2.24) is 5.32 Å². The second-order valence-corrected chi connectivity index (χ2v) is 5.55. The first kappa shape index (κ1) is 16.9. The van der Waals surface area contributed by atoms with E-state index in [0.29, 0.717) is 18.7 Å². The molecule has 0 spiro atoms. The van der Waals surface area contributed by atoms with Crippen molar-refractivity contribution in [3.63, 3.8) is 0 Å². The normalized spacial score (nSPS) is 10.3. The van der Waals surface area contributed by atoms with E-state index in [4.69, 9.17) is 9.84 Å². The zero-order valence-electron chi connectivity index (χ0n) is 11.9. The van der Waals surface area contributed by atoms with Crippen molar-refractivity contribution in [2.24, 2.45) is 0 Å². The smallest absolute Gasteiger partial charge is 0.251 e. The molecule has 0 aliphatic carbocycles. The zero-order chi connectivity index (χ0) is 14.6. The summed E-state index contributed by atoms with van der Waals surface area (Å²) in [5.41, 5.74) is 0.624. The number of thioether (sulfide) groups is 1. The molecular formula is C15H23NO3S. The van der Waals surface area contributed by atoms with Crippen LogP contribution in [0.5, 0.6) is 5.75 Å². The largest absolute Gasteiger partial charge is 0.494 e. The highest BCUT2D eigenvalue weighted by molar-refractivity contribution is 7.99. The van der Waals surface area contributed by atoms with Gasteiger partial charge in [0.05, 0.1) is 6.61 Å². The van der Waals surface area contributed by atoms with Gasteiger partial charge >= 0.3 is 0 Å². The summed E-state index contributed by atoms with van der Waals surface area (Å²) < 4.78 is 5.51. The maximum absolute atomic E-state index is 11.9. The van der Waals surface area contributed by atoms with E-state index in [-0.39, 0.29) is 12.5 Å². The molecule has 0 radical (unpaired) electrons. The first-order valence-corrected chi connectivity index (χ1v) is 8.13. The predicted molar refractivity (Wildman–Crippen MR) is 83.6 cm³/mol. The van der Waals surface area contributed by atoms with Gasteiger partial charge in [0.15, 0.2) is 0 Å². The van der Waals surface area contributed by atoms with Gasteiger partial charge in [0.2, 0.25) is 0 Å². The number of aliphatic hydroxyl groups is 1. The molecule has 1 amide bonds. The van der Waals surface area contributed by atoms with Gasteiger partial charge in [-0.05, 0) is 36.8 Å². The Kier molecular flexibility index (Phi) is 8.91. The molecule has 0 aromatic heterocycles. The topological polar surface area (TPSA) is 58.6 Å². The van der Waals surface area contributed by atoms with Crippen LogP contribution in [0.15, 0.2) is 24.3 Å². The lowest BCUT2D eigenvalue weighted by molar-refractivity contribution is 0.0955. The van der Waals surface area contributed by atoms with Crippen molar-refractivity contribution in [3.05, 3.63) is 29.8 Å². The van der Waals surface area contributed by atoms with E-state index in [9.17, 15) is 4.79 Å². The molecule has 0 aliphatic heterocycles. The first-order chi connectivity index (χ1) is 9.77. The monoisotopic (exact) mass is 297 g/mol. The van der Waals surface area contributed by atoms with Crippen LogP contribution in [0, 0.1) is 0 Å². The summed E-state index contributed by atoms with van der Waals surface area (Å²) in [4.78, 5) is 11.9. The summed E-state index contributed by atoms with van der Waals surface area (Å²) in [6, 6.07) is 7.24. The third-order valence-corrected chi connectivity index (χ3v) is 3.62. The van der Waals surface area contributed by atoms with Gasteiger partial charge in [-0.1, -0.05) is 13.0 Å². The third kappa shape index (κ3) is 6.82. The predicted octanol–water partition coefficient (Wildman–Crippen LogP) is 2.32. The second kappa shape index (κ2) is 10.6. The van der Waals surface area contributed by atoms with E-state index >= 15 is 0 Å². The summed E-state index contributed by atoms with van der Waals surface area (Å²) >= 11 is 1.73. The van der Waals surface area contributed by atoms with Gasteiger partial charge in [0, 0.05) is 24.5 Å². The van der Waals surface area contributed by atoms with Gasteiger partial charge in [-0.2, -0.15) is 11.8 Å². The fourth-order valence-electron chi connectivity index (χ4n) is 1.55. The molecule has 0 atom stereocenters. The number of carbonyl (C=O) groups excluding carboxylic acids is 1. The van der Waals surface area contributed by atoms with Crippen molar-refractivity contribution in [1.29, 1.82) is 0 Å². The molecule has 5 heteroatoms. The van der Waals surface area contributed by atoms with Crippen LogP contribution in [-0.4, -0.2) is 42.3 Å². The van der Waals surface area contributed by atoms with Crippen molar-refractivity contribution in [2.75, 3.05) is 31.3 Å². The Labute approximate surface area is 124 Å². The van der Waals surface area contributed by atoms with Gasteiger partial charge in [-0.25, -0.2) is 0 Å². The Morgan fingerprint density at radius 1 is 1.40 bits per heavy atom. The number of hydrogen-bond acceptors (Lipinski definition) is 4. The number of hydrogen-bond donors (Lipinski definition) is 2. The molecule has 4 nitrogen and oxygen atoms in total. The second-order valence-electron chi connectivity index (χ2n) is 4.32. The zero-order valence-corrected chi connectivity index (χ0v) is 12.7. The lowest BCUT2D eigenvalue weighted by Gasteiger charge is -2.08. The maximum atomic E-state index is 11.9. The molecule has 0 unspecified atom stereocenters. The molecule has 1 aromatic carbocycles. The number of aliphatic hydroxyl groups excluding tert-OH is 1. The summed E-state index contributed by atoms with van der Waals surface area (Å²) in [5.74, 6) is 2.44. The van der Waals surface area contributed by atoms with Crippen LogP contribution in [0.3, 0.4) is 0 Å². The summed E-state index contributed by atoms with van der Waals surface area (Å²) in [6.45, 7) is 3.57. The number of ether oxygens (including phenoxy) is 1. The Morgan fingerprint density at radius 2 is 2.25 bits per heavy atom. The quantitative estimate of drug-likeness (QED) is 0.651. The molecule has 2 N–H and O–H groups in total. The standard InChI is InChI=1S/C15H23NO3S/c1-2-9-19-14-6-3-5-13(12-14)15(18)16-7-11-20-10-4-8-17/h3,5-6,12,17H,2,4,7-11H2,1H3,(H,16,18). The van der Waals surface area contributed by atoms with Gasteiger partial charge in [0.25, 0.3) is 5.91 Å². The van der Waals surface area contributed by atoms with Crippen LogP contribution < -0.4 is 10.1 Å². The summed E-state index contributed by atoms with van der Waals surface area (Å²) in [5, 5.41) is 11.5. The minimum absolute atomic E-state index is 0.0743. The van der Waals surface area contributed by atoms with E-state index in [1.54, 1.807) is 23.9 Å². The Morgan fingerprint density at radius 3 is 3.00 bits per heavy atom. The van der Waals surface area contributed by atoms with E-state index in [1.807, 2.05) is 19.1 Å². The van der Waals surface area contributed by atoms with Crippen molar-refractivity contribution in [2.45, 2.75) is 19.8 Å². The average molecular weight is 297 g/mol. The van der Waals surface area contributed by atoms with E-state index in [0.717, 1.165) is 30.1 Å². The summed E-state index contributed by atoms with van der Waals surface area (Å²) in [7, 11) is 0. The lowest BCUT2D eigenvalue weighted by atomic mass is 10.2. The van der Waals surface area contributed by atoms with Crippen LogP contribution in [0.4, 0.5) is 0 Å². The molecule has 20 heavy (non-hydrogen) atoms. The third-order valence-electron chi connectivity index (χ3n) is 2.55. The van der Waals surface area contributed by atoms with Crippen LogP contribution in [0.2, 0.25) is 0 Å². The SMILES string of the molecule is CCCOc1cccc(C(=O)NCCSCCCO)c1. The van der Waals surface area contributed by atoms with Gasteiger partial charge in [0.1, 0.15) is 5.75 Å².